The van der Waals surface area contributed by atoms with E-state index in [9.17, 15) is 14.7 Å². The van der Waals surface area contributed by atoms with Crippen molar-refractivity contribution in [2.75, 3.05) is 7.11 Å². The second kappa shape index (κ2) is 8.04. The van der Waals surface area contributed by atoms with Crippen molar-refractivity contribution in [3.63, 3.8) is 0 Å². The zero-order chi connectivity index (χ0) is 17.7. The van der Waals surface area contributed by atoms with Gasteiger partial charge in [-0.3, -0.25) is 4.79 Å². The van der Waals surface area contributed by atoms with E-state index in [-0.39, 0.29) is 23.3 Å². The van der Waals surface area contributed by atoms with Gasteiger partial charge in [-0.2, -0.15) is 0 Å². The van der Waals surface area contributed by atoms with Gasteiger partial charge in [-0.05, 0) is 37.8 Å². The molecule has 0 bridgehead atoms. The standard InChI is InChI=1S/C18H25NO5/c1-11-6-4-5-7-15(11)19-17(21)12(2)24-18(22)14-9-8-13(23-3)10-16(14)20/h8-12,15,20H,4-7H2,1-3H3,(H,19,21)/t11-,12+,15+/m0/s1. The van der Waals surface area contributed by atoms with Gasteiger partial charge in [0.05, 0.1) is 7.11 Å². The van der Waals surface area contributed by atoms with Gasteiger partial charge < -0.3 is 19.9 Å². The summed E-state index contributed by atoms with van der Waals surface area (Å²) >= 11 is 0. The van der Waals surface area contributed by atoms with Crippen LogP contribution in [0, 0.1) is 5.92 Å². The number of methoxy groups -OCH3 is 1. The molecule has 1 amide bonds. The van der Waals surface area contributed by atoms with Gasteiger partial charge in [0.1, 0.15) is 17.1 Å². The van der Waals surface area contributed by atoms with Crippen LogP contribution in [0.5, 0.6) is 11.5 Å². The molecule has 1 aliphatic carbocycles. The monoisotopic (exact) mass is 335 g/mol. The molecule has 0 spiro atoms. The summed E-state index contributed by atoms with van der Waals surface area (Å²) in [6.45, 7) is 3.65. The number of amides is 1. The van der Waals surface area contributed by atoms with Gasteiger partial charge in [-0.25, -0.2) is 4.79 Å². The number of carbonyl (C=O) groups is 2. The van der Waals surface area contributed by atoms with Crippen molar-refractivity contribution >= 4 is 11.9 Å². The lowest BCUT2D eigenvalue weighted by Crippen LogP contribution is -2.45. The second-order valence-corrected chi connectivity index (χ2v) is 6.31. The molecule has 6 nitrogen and oxygen atoms in total. The van der Waals surface area contributed by atoms with Crippen LogP contribution < -0.4 is 10.1 Å². The molecule has 132 valence electrons. The fraction of sp³-hybridized carbons (Fsp3) is 0.556. The van der Waals surface area contributed by atoms with Crippen molar-refractivity contribution in [2.45, 2.75) is 51.7 Å². The number of carbonyl (C=O) groups excluding carboxylic acids is 2. The van der Waals surface area contributed by atoms with E-state index in [0.717, 1.165) is 19.3 Å². The van der Waals surface area contributed by atoms with Crippen LogP contribution in [0.2, 0.25) is 0 Å². The molecule has 6 heteroatoms. The Bertz CT molecular complexity index is 601. The molecule has 0 aromatic heterocycles. The highest BCUT2D eigenvalue weighted by atomic mass is 16.5. The van der Waals surface area contributed by atoms with Crippen LogP contribution in [0.4, 0.5) is 0 Å². The zero-order valence-electron chi connectivity index (χ0n) is 14.4. The second-order valence-electron chi connectivity index (χ2n) is 6.31. The average Bonchev–Trinajstić information content (AvgIpc) is 2.56. The molecule has 1 fully saturated rings. The quantitative estimate of drug-likeness (QED) is 0.808. The lowest BCUT2D eigenvalue weighted by atomic mass is 9.86. The molecule has 1 aromatic carbocycles. The summed E-state index contributed by atoms with van der Waals surface area (Å²) in [6.07, 6.45) is 3.41. The molecule has 1 aliphatic rings. The summed E-state index contributed by atoms with van der Waals surface area (Å²) in [7, 11) is 1.46. The lowest BCUT2D eigenvalue weighted by molar-refractivity contribution is -0.130. The van der Waals surface area contributed by atoms with Crippen LogP contribution in [0.3, 0.4) is 0 Å². The van der Waals surface area contributed by atoms with E-state index in [0.29, 0.717) is 11.7 Å². The fourth-order valence-electron chi connectivity index (χ4n) is 2.92. The molecule has 24 heavy (non-hydrogen) atoms. The van der Waals surface area contributed by atoms with Crippen molar-refractivity contribution in [1.82, 2.24) is 5.32 Å². The van der Waals surface area contributed by atoms with Crippen LogP contribution >= 0.6 is 0 Å². The molecule has 1 aromatic rings. The van der Waals surface area contributed by atoms with Gasteiger partial charge in [0.2, 0.25) is 0 Å². The molecule has 2 rings (SSSR count). The third kappa shape index (κ3) is 4.40. The largest absolute Gasteiger partial charge is 0.507 e. The van der Waals surface area contributed by atoms with Crippen molar-refractivity contribution in [3.05, 3.63) is 23.8 Å². The normalized spacial score (nSPS) is 21.6. The number of benzene rings is 1. The molecule has 1 saturated carbocycles. The predicted molar refractivity (Wildman–Crippen MR) is 89.1 cm³/mol. The summed E-state index contributed by atoms with van der Waals surface area (Å²) < 4.78 is 10.1. The Balaban J connectivity index is 1.94. The first-order valence-electron chi connectivity index (χ1n) is 8.30. The molecular weight excluding hydrogens is 310 g/mol. The minimum Gasteiger partial charge on any atom is -0.507 e. The Morgan fingerprint density at radius 2 is 2.00 bits per heavy atom. The van der Waals surface area contributed by atoms with Gasteiger partial charge in [0.25, 0.3) is 5.91 Å². The SMILES string of the molecule is COc1ccc(C(=O)O[C@H](C)C(=O)N[C@@H]2CCCC[C@@H]2C)c(O)c1. The Kier molecular flexibility index (Phi) is 6.06. The number of phenols is 1. The molecule has 0 unspecified atom stereocenters. The van der Waals surface area contributed by atoms with Gasteiger partial charge in [0, 0.05) is 12.1 Å². The van der Waals surface area contributed by atoms with Crippen LogP contribution in [0.1, 0.15) is 49.9 Å². The molecule has 2 N–H and O–H groups in total. The number of aromatic hydroxyl groups is 1. The first kappa shape index (κ1) is 18.1. The first-order chi connectivity index (χ1) is 11.4. The number of hydrogen-bond donors (Lipinski definition) is 2. The topological polar surface area (TPSA) is 84.9 Å². The number of phenolic OH excluding ortho intramolecular Hbond substituents is 1. The molecule has 0 saturated heterocycles. The number of hydrogen-bond acceptors (Lipinski definition) is 5. The van der Waals surface area contributed by atoms with Crippen molar-refractivity contribution in [2.24, 2.45) is 5.92 Å². The minimum atomic E-state index is -0.923. The highest BCUT2D eigenvalue weighted by Gasteiger charge is 2.27. The van der Waals surface area contributed by atoms with Gasteiger partial charge in [0.15, 0.2) is 6.10 Å². The Morgan fingerprint density at radius 1 is 1.29 bits per heavy atom. The highest BCUT2D eigenvalue weighted by Crippen LogP contribution is 2.25. The van der Waals surface area contributed by atoms with E-state index < -0.39 is 12.1 Å². The van der Waals surface area contributed by atoms with E-state index >= 15 is 0 Å². The predicted octanol–water partition coefficient (Wildman–Crippen LogP) is 2.64. The summed E-state index contributed by atoms with van der Waals surface area (Å²) in [4.78, 5) is 24.4. The van der Waals surface area contributed by atoms with Gasteiger partial charge >= 0.3 is 5.97 Å². The van der Waals surface area contributed by atoms with E-state index in [1.54, 1.807) is 6.07 Å². The van der Waals surface area contributed by atoms with Gasteiger partial charge in [-0.15, -0.1) is 0 Å². The van der Waals surface area contributed by atoms with Gasteiger partial charge in [-0.1, -0.05) is 19.8 Å². The Morgan fingerprint density at radius 3 is 2.62 bits per heavy atom. The van der Waals surface area contributed by atoms with Crippen LogP contribution in [0.25, 0.3) is 0 Å². The van der Waals surface area contributed by atoms with Crippen molar-refractivity contribution < 1.29 is 24.2 Å². The van der Waals surface area contributed by atoms with Crippen LogP contribution in [-0.4, -0.2) is 36.2 Å². The Labute approximate surface area is 142 Å². The van der Waals surface area contributed by atoms with Crippen LogP contribution in [-0.2, 0) is 9.53 Å². The maximum absolute atomic E-state index is 12.2. The minimum absolute atomic E-state index is 0.00137. The van der Waals surface area contributed by atoms with E-state index in [4.69, 9.17) is 9.47 Å². The molecule has 0 aliphatic heterocycles. The summed E-state index contributed by atoms with van der Waals surface area (Å²) in [5, 5.41) is 12.8. The Hall–Kier alpha value is -2.24. The highest BCUT2D eigenvalue weighted by molar-refractivity contribution is 5.94. The molecular formula is C18H25NO5. The maximum atomic E-state index is 12.2. The average molecular weight is 335 g/mol. The molecule has 0 radical (unpaired) electrons. The fourth-order valence-corrected chi connectivity index (χ4v) is 2.92. The third-order valence-electron chi connectivity index (χ3n) is 4.52. The lowest BCUT2D eigenvalue weighted by Gasteiger charge is -2.30. The van der Waals surface area contributed by atoms with E-state index in [2.05, 4.69) is 12.2 Å². The van der Waals surface area contributed by atoms with E-state index in [1.165, 1.54) is 32.6 Å². The first-order valence-corrected chi connectivity index (χ1v) is 8.30. The molecule has 3 atom stereocenters. The number of ether oxygens (including phenoxy) is 2. The number of esters is 1. The zero-order valence-corrected chi connectivity index (χ0v) is 14.4. The third-order valence-corrected chi connectivity index (χ3v) is 4.52. The van der Waals surface area contributed by atoms with E-state index in [1.807, 2.05) is 0 Å². The number of nitrogens with one attached hydrogen (secondary N) is 1. The summed E-state index contributed by atoms with van der Waals surface area (Å²) in [5.41, 5.74) is 0.00137. The van der Waals surface area contributed by atoms with Crippen molar-refractivity contribution in [1.29, 1.82) is 0 Å². The summed E-state index contributed by atoms with van der Waals surface area (Å²) in [5.74, 6) is -0.435. The van der Waals surface area contributed by atoms with Crippen LogP contribution in [0.15, 0.2) is 18.2 Å². The summed E-state index contributed by atoms with van der Waals surface area (Å²) in [6, 6.07) is 4.40. The maximum Gasteiger partial charge on any atom is 0.342 e. The van der Waals surface area contributed by atoms with Crippen molar-refractivity contribution in [3.8, 4) is 11.5 Å². The number of rotatable bonds is 5. The molecule has 0 heterocycles. The smallest absolute Gasteiger partial charge is 0.342 e.